The van der Waals surface area contributed by atoms with Crippen LogP contribution in [0.3, 0.4) is 0 Å². The fraction of sp³-hybridized carbons (Fsp3) is 0. The number of nitro benzene ring substituents is 1. The highest BCUT2D eigenvalue weighted by atomic mass is 32.2. The van der Waals surface area contributed by atoms with E-state index in [0.717, 1.165) is 16.5 Å². The highest BCUT2D eigenvalue weighted by molar-refractivity contribution is 8.18. The topological polar surface area (TPSA) is 97.7 Å². The summed E-state index contributed by atoms with van der Waals surface area (Å²) >= 11 is 1.21. The number of para-hydroxylation sites is 1. The molecule has 0 spiro atoms. The molecule has 0 aliphatic carbocycles. The number of carbonyl (C=O) groups is 1. The summed E-state index contributed by atoms with van der Waals surface area (Å²) in [4.78, 5) is 28.2. The van der Waals surface area contributed by atoms with Crippen LogP contribution < -0.4 is 5.32 Å². The van der Waals surface area contributed by atoms with Crippen molar-refractivity contribution < 1.29 is 14.1 Å². The number of rotatable bonds is 4. The van der Waals surface area contributed by atoms with E-state index in [4.69, 9.17) is 4.42 Å². The van der Waals surface area contributed by atoms with Crippen molar-refractivity contribution in [2.75, 3.05) is 0 Å². The summed E-state index contributed by atoms with van der Waals surface area (Å²) in [6.07, 6.45) is 1.60. The molecule has 1 fully saturated rings. The largest absolute Gasteiger partial charge is 0.456 e. The predicted molar refractivity (Wildman–Crippen MR) is 126 cm³/mol. The van der Waals surface area contributed by atoms with Crippen LogP contribution in [0.2, 0.25) is 0 Å². The van der Waals surface area contributed by atoms with Gasteiger partial charge in [0, 0.05) is 12.1 Å². The number of nitrogens with one attached hydrogen (secondary N) is 1. The number of hydrogen-bond donors (Lipinski definition) is 1. The van der Waals surface area contributed by atoms with Gasteiger partial charge in [0.2, 0.25) is 0 Å². The number of nitro groups is 1. The van der Waals surface area contributed by atoms with Gasteiger partial charge >= 0.3 is 0 Å². The maximum absolute atomic E-state index is 12.4. The van der Waals surface area contributed by atoms with Crippen molar-refractivity contribution in [1.29, 1.82) is 0 Å². The molecule has 0 atom stereocenters. The number of amides is 1. The first kappa shape index (κ1) is 19.8. The summed E-state index contributed by atoms with van der Waals surface area (Å²) in [6, 6.07) is 23.5. The highest BCUT2D eigenvalue weighted by Crippen LogP contribution is 2.33. The normalized spacial score (nSPS) is 16.1. The van der Waals surface area contributed by atoms with E-state index in [1.54, 1.807) is 36.4 Å². The Morgan fingerprint density at radius 3 is 2.59 bits per heavy atom. The Morgan fingerprint density at radius 2 is 1.75 bits per heavy atom. The van der Waals surface area contributed by atoms with E-state index in [0.29, 0.717) is 27.2 Å². The lowest BCUT2D eigenvalue weighted by Gasteiger charge is -2.00. The molecule has 0 saturated carbocycles. The minimum Gasteiger partial charge on any atom is -0.456 e. The molecule has 3 aromatic carbocycles. The summed E-state index contributed by atoms with van der Waals surface area (Å²) in [6.45, 7) is 0. The number of hydrogen-bond acceptors (Lipinski definition) is 6. The molecule has 2 heterocycles. The monoisotopic (exact) mass is 441 g/mol. The molecule has 1 aliphatic rings. The van der Waals surface area contributed by atoms with Gasteiger partial charge in [0.1, 0.15) is 11.5 Å². The zero-order valence-electron chi connectivity index (χ0n) is 16.5. The van der Waals surface area contributed by atoms with Gasteiger partial charge in [0.15, 0.2) is 5.17 Å². The van der Waals surface area contributed by atoms with Crippen LogP contribution in [0, 0.1) is 10.1 Å². The molecule has 7 nitrogen and oxygen atoms in total. The van der Waals surface area contributed by atoms with Gasteiger partial charge in [-0.1, -0.05) is 42.5 Å². The summed E-state index contributed by atoms with van der Waals surface area (Å²) in [5.74, 6) is 0.499. The quantitative estimate of drug-likeness (QED) is 0.242. The van der Waals surface area contributed by atoms with Crippen molar-refractivity contribution in [3.8, 4) is 11.3 Å². The molecule has 0 radical (unpaired) electrons. The maximum Gasteiger partial charge on any atom is 0.280 e. The van der Waals surface area contributed by atoms with E-state index < -0.39 is 4.92 Å². The van der Waals surface area contributed by atoms with Gasteiger partial charge in [0.25, 0.3) is 11.6 Å². The van der Waals surface area contributed by atoms with Crippen LogP contribution in [0.25, 0.3) is 28.2 Å². The lowest BCUT2D eigenvalue weighted by atomic mass is 10.1. The summed E-state index contributed by atoms with van der Waals surface area (Å²) in [5, 5.41) is 16.7. The van der Waals surface area contributed by atoms with E-state index in [9.17, 15) is 14.9 Å². The number of amidine groups is 1. The molecule has 5 rings (SSSR count). The molecule has 1 aromatic heterocycles. The maximum atomic E-state index is 12.4. The third-order valence-electron chi connectivity index (χ3n) is 4.88. The molecule has 1 saturated heterocycles. The average Bonchev–Trinajstić information content (AvgIpc) is 3.40. The van der Waals surface area contributed by atoms with E-state index >= 15 is 0 Å². The second-order valence-corrected chi connectivity index (χ2v) is 8.02. The number of benzene rings is 3. The first-order valence-corrected chi connectivity index (χ1v) is 10.5. The first-order chi connectivity index (χ1) is 15.6. The Bertz CT molecular complexity index is 1440. The van der Waals surface area contributed by atoms with Crippen molar-refractivity contribution in [3.05, 3.63) is 99.6 Å². The Morgan fingerprint density at radius 1 is 0.969 bits per heavy atom. The van der Waals surface area contributed by atoms with Crippen LogP contribution in [0.4, 0.5) is 11.4 Å². The number of nitrogens with zero attached hydrogens (tertiary/aromatic N) is 2. The van der Waals surface area contributed by atoms with E-state index in [2.05, 4.69) is 10.3 Å². The molecule has 8 heteroatoms. The molecular formula is C24H15N3O4S. The van der Waals surface area contributed by atoms with Crippen LogP contribution in [0.1, 0.15) is 5.76 Å². The lowest BCUT2D eigenvalue weighted by Crippen LogP contribution is -2.19. The Kier molecular flexibility index (Phi) is 5.04. The van der Waals surface area contributed by atoms with Crippen molar-refractivity contribution >= 4 is 51.1 Å². The number of carbonyl (C=O) groups excluding carboxylic acids is 1. The fourth-order valence-corrected chi connectivity index (χ4v) is 4.21. The van der Waals surface area contributed by atoms with Crippen molar-refractivity contribution in [2.45, 2.75) is 0 Å². The third kappa shape index (κ3) is 3.91. The molecule has 1 amide bonds. The molecule has 32 heavy (non-hydrogen) atoms. The van der Waals surface area contributed by atoms with Gasteiger partial charge in [-0.05, 0) is 52.9 Å². The number of furan rings is 1. The van der Waals surface area contributed by atoms with Gasteiger partial charge in [-0.3, -0.25) is 14.9 Å². The molecular weight excluding hydrogens is 426 g/mol. The zero-order chi connectivity index (χ0) is 22.1. The molecule has 1 aliphatic heterocycles. The highest BCUT2D eigenvalue weighted by Gasteiger charge is 2.25. The van der Waals surface area contributed by atoms with Crippen molar-refractivity contribution in [3.63, 3.8) is 0 Å². The second kappa shape index (κ2) is 8.16. The van der Waals surface area contributed by atoms with E-state index in [1.165, 1.54) is 17.8 Å². The first-order valence-electron chi connectivity index (χ1n) is 9.69. The smallest absolute Gasteiger partial charge is 0.280 e. The van der Waals surface area contributed by atoms with Gasteiger partial charge in [0.05, 0.1) is 21.1 Å². The molecule has 156 valence electrons. The molecule has 0 unspecified atom stereocenters. The van der Waals surface area contributed by atoms with Gasteiger partial charge in [-0.25, -0.2) is 4.99 Å². The van der Waals surface area contributed by atoms with E-state index in [-0.39, 0.29) is 11.6 Å². The minimum absolute atomic E-state index is 0.0427. The standard InChI is InChI=1S/C24H15N3O4S/c28-23-22(14-18-11-12-21(31-18)19-7-3-4-8-20(19)27(29)30)32-24(26-23)25-17-10-9-15-5-1-2-6-16(15)13-17/h1-14H,(H,25,26,28). The average molecular weight is 441 g/mol. The Balaban J connectivity index is 1.39. The summed E-state index contributed by atoms with van der Waals surface area (Å²) in [7, 11) is 0. The minimum atomic E-state index is -0.453. The summed E-state index contributed by atoms with van der Waals surface area (Å²) < 4.78 is 5.76. The fourth-order valence-electron chi connectivity index (χ4n) is 3.39. The van der Waals surface area contributed by atoms with E-state index in [1.807, 2.05) is 42.5 Å². The van der Waals surface area contributed by atoms with Crippen LogP contribution in [0.5, 0.6) is 0 Å². The number of fused-ring (bicyclic) bond motifs is 1. The Hall–Kier alpha value is -4.17. The van der Waals surface area contributed by atoms with Crippen LogP contribution in [-0.4, -0.2) is 16.0 Å². The molecule has 4 aromatic rings. The lowest BCUT2D eigenvalue weighted by molar-refractivity contribution is -0.384. The second-order valence-electron chi connectivity index (χ2n) is 6.99. The third-order valence-corrected chi connectivity index (χ3v) is 5.79. The van der Waals surface area contributed by atoms with Gasteiger partial charge < -0.3 is 9.73 Å². The Labute approximate surface area is 186 Å². The van der Waals surface area contributed by atoms with Crippen LogP contribution in [0.15, 0.2) is 93.2 Å². The zero-order valence-corrected chi connectivity index (χ0v) is 17.3. The van der Waals surface area contributed by atoms with Crippen LogP contribution >= 0.6 is 11.8 Å². The summed E-state index contributed by atoms with van der Waals surface area (Å²) in [5.41, 5.74) is 1.08. The molecule has 1 N–H and O–H groups in total. The van der Waals surface area contributed by atoms with Crippen molar-refractivity contribution in [2.24, 2.45) is 4.99 Å². The number of thioether (sulfide) groups is 1. The van der Waals surface area contributed by atoms with Gasteiger partial charge in [-0.15, -0.1) is 0 Å². The number of aliphatic imine (C=N–C) groups is 1. The van der Waals surface area contributed by atoms with Crippen molar-refractivity contribution in [1.82, 2.24) is 5.32 Å². The SMILES string of the molecule is O=C1NC(=Nc2ccc3ccccc3c2)SC1=Cc1ccc(-c2ccccc2[N+](=O)[O-])o1. The van der Waals surface area contributed by atoms with Gasteiger partial charge in [-0.2, -0.15) is 0 Å². The van der Waals surface area contributed by atoms with Crippen LogP contribution in [-0.2, 0) is 4.79 Å². The molecule has 0 bridgehead atoms. The predicted octanol–water partition coefficient (Wildman–Crippen LogP) is 5.90.